The summed E-state index contributed by atoms with van der Waals surface area (Å²) in [4.78, 5) is 15.0. The van der Waals surface area contributed by atoms with Crippen LogP contribution in [0.1, 0.15) is 26.3 Å². The Morgan fingerprint density at radius 1 is 1.15 bits per heavy atom. The first-order valence-electron chi connectivity index (χ1n) is 8.82. The number of fused-ring (bicyclic) bond motifs is 1. The fourth-order valence-corrected chi connectivity index (χ4v) is 3.06. The molecule has 2 aromatic carbocycles. The van der Waals surface area contributed by atoms with Gasteiger partial charge in [-0.05, 0) is 57.0 Å². The van der Waals surface area contributed by atoms with E-state index in [4.69, 9.17) is 21.1 Å². The van der Waals surface area contributed by atoms with E-state index in [-0.39, 0.29) is 0 Å². The highest BCUT2D eigenvalue weighted by atomic mass is 35.5. The van der Waals surface area contributed by atoms with Crippen molar-refractivity contribution >= 4 is 28.6 Å². The van der Waals surface area contributed by atoms with Crippen molar-refractivity contribution < 1.29 is 14.3 Å². The monoisotopic (exact) mass is 386 g/mol. The van der Waals surface area contributed by atoms with Crippen LogP contribution in [0, 0.1) is 0 Å². The fourth-order valence-electron chi connectivity index (χ4n) is 2.73. The summed E-state index contributed by atoms with van der Waals surface area (Å²) < 4.78 is 11.2. The molecule has 0 saturated carbocycles. The molecule has 0 unspecified atom stereocenters. The lowest BCUT2D eigenvalue weighted by Crippen LogP contribution is -2.33. The lowest BCUT2D eigenvalue weighted by atomic mass is 10.1. The van der Waals surface area contributed by atoms with Crippen LogP contribution >= 0.6 is 11.6 Å². The van der Waals surface area contributed by atoms with Crippen LogP contribution in [0.2, 0.25) is 5.02 Å². The molecule has 5 nitrogen and oxygen atoms in total. The number of amides is 1. The zero-order chi connectivity index (χ0) is 19.4. The quantitative estimate of drug-likeness (QED) is 0.592. The van der Waals surface area contributed by atoms with Crippen LogP contribution in [-0.2, 0) is 11.2 Å². The molecule has 0 fully saturated rings. The molecule has 0 atom stereocenters. The molecular weight excluding hydrogens is 364 g/mol. The molecule has 0 spiro atoms. The van der Waals surface area contributed by atoms with Crippen molar-refractivity contribution in [2.45, 2.75) is 32.8 Å². The number of hydrogen-bond donors (Lipinski definition) is 2. The first-order valence-corrected chi connectivity index (χ1v) is 9.19. The predicted octanol–water partition coefficient (Wildman–Crippen LogP) is 5.68. The number of aromatic nitrogens is 1. The highest BCUT2D eigenvalue weighted by Crippen LogP contribution is 2.37. The van der Waals surface area contributed by atoms with E-state index < -0.39 is 11.7 Å². The first kappa shape index (κ1) is 19.1. The van der Waals surface area contributed by atoms with E-state index in [1.165, 1.54) is 0 Å². The van der Waals surface area contributed by atoms with Gasteiger partial charge in [-0.15, -0.1) is 0 Å². The Hall–Kier alpha value is -2.66. The van der Waals surface area contributed by atoms with Gasteiger partial charge in [0, 0.05) is 23.6 Å². The van der Waals surface area contributed by atoms with Crippen LogP contribution in [0.25, 0.3) is 10.9 Å². The molecule has 3 rings (SSSR count). The zero-order valence-corrected chi connectivity index (χ0v) is 16.4. The van der Waals surface area contributed by atoms with Gasteiger partial charge in [0.15, 0.2) is 0 Å². The van der Waals surface area contributed by atoms with E-state index in [2.05, 4.69) is 10.3 Å². The van der Waals surface area contributed by atoms with Crippen LogP contribution in [0.15, 0.2) is 48.7 Å². The van der Waals surface area contributed by atoms with Crippen molar-refractivity contribution in [1.29, 1.82) is 0 Å². The number of rotatable bonds is 5. The summed E-state index contributed by atoms with van der Waals surface area (Å²) in [7, 11) is 0. The Bertz CT molecular complexity index is 930. The van der Waals surface area contributed by atoms with E-state index in [9.17, 15) is 4.79 Å². The topological polar surface area (TPSA) is 63.3 Å². The van der Waals surface area contributed by atoms with Crippen molar-refractivity contribution in [3.63, 3.8) is 0 Å². The maximum atomic E-state index is 11.8. The van der Waals surface area contributed by atoms with Crippen LogP contribution in [-0.4, -0.2) is 23.2 Å². The van der Waals surface area contributed by atoms with Gasteiger partial charge in [-0.3, -0.25) is 0 Å². The van der Waals surface area contributed by atoms with Crippen LogP contribution in [0.3, 0.4) is 0 Å². The number of ether oxygens (including phenoxy) is 2. The molecule has 0 saturated heterocycles. The molecule has 0 aliphatic heterocycles. The Kier molecular flexibility index (Phi) is 5.61. The average molecular weight is 387 g/mol. The third-order valence-corrected chi connectivity index (χ3v) is 4.24. The number of alkyl carbamates (subject to hydrolysis) is 1. The standard InChI is InChI=1S/C21H23ClN2O3/c1-21(2,3)27-20(25)23-12-11-14-13-24-16-9-10-17(19(22)18(14)16)26-15-7-5-4-6-8-15/h4-10,13,24H,11-12H2,1-3H3,(H,23,25). The predicted molar refractivity (Wildman–Crippen MR) is 108 cm³/mol. The van der Waals surface area contributed by atoms with Gasteiger partial charge in [0.05, 0.1) is 5.02 Å². The highest BCUT2D eigenvalue weighted by molar-refractivity contribution is 6.37. The van der Waals surface area contributed by atoms with Crippen molar-refractivity contribution in [2.24, 2.45) is 0 Å². The van der Waals surface area contributed by atoms with Crippen LogP contribution in [0.4, 0.5) is 4.79 Å². The molecule has 0 radical (unpaired) electrons. The van der Waals surface area contributed by atoms with Crippen LogP contribution < -0.4 is 10.1 Å². The SMILES string of the molecule is CC(C)(C)OC(=O)NCCc1c[nH]c2ccc(Oc3ccccc3)c(Cl)c12. The van der Waals surface area contributed by atoms with Gasteiger partial charge in [0.2, 0.25) is 0 Å². The molecule has 142 valence electrons. The summed E-state index contributed by atoms with van der Waals surface area (Å²) in [5.74, 6) is 1.32. The van der Waals surface area contributed by atoms with Crippen LogP contribution in [0.5, 0.6) is 11.5 Å². The fraction of sp³-hybridized carbons (Fsp3) is 0.286. The van der Waals surface area contributed by atoms with Crippen molar-refractivity contribution in [3.8, 4) is 11.5 Å². The Morgan fingerprint density at radius 3 is 2.59 bits per heavy atom. The number of carbonyl (C=O) groups excluding carboxylic acids is 1. The third kappa shape index (κ3) is 4.95. The van der Waals surface area contributed by atoms with Gasteiger partial charge in [0.25, 0.3) is 0 Å². The number of halogens is 1. The smallest absolute Gasteiger partial charge is 0.407 e. The summed E-state index contributed by atoms with van der Waals surface area (Å²) in [6.45, 7) is 5.95. The van der Waals surface area contributed by atoms with Gasteiger partial charge in [0.1, 0.15) is 17.1 Å². The lowest BCUT2D eigenvalue weighted by Gasteiger charge is -2.19. The maximum Gasteiger partial charge on any atom is 0.407 e. The number of para-hydroxylation sites is 1. The summed E-state index contributed by atoms with van der Waals surface area (Å²) in [5.41, 5.74) is 1.41. The van der Waals surface area contributed by atoms with Gasteiger partial charge in [-0.1, -0.05) is 29.8 Å². The summed E-state index contributed by atoms with van der Waals surface area (Å²) in [5, 5.41) is 4.21. The van der Waals surface area contributed by atoms with Gasteiger partial charge in [-0.25, -0.2) is 4.79 Å². The molecular formula is C21H23ClN2O3. The highest BCUT2D eigenvalue weighted by Gasteiger charge is 2.17. The summed E-state index contributed by atoms with van der Waals surface area (Å²) >= 11 is 6.61. The molecule has 1 amide bonds. The largest absolute Gasteiger partial charge is 0.456 e. The number of H-pyrrole nitrogens is 1. The van der Waals surface area contributed by atoms with Gasteiger partial charge < -0.3 is 19.8 Å². The maximum absolute atomic E-state index is 11.8. The van der Waals surface area contributed by atoms with E-state index in [0.29, 0.717) is 23.7 Å². The van der Waals surface area contributed by atoms with Crippen molar-refractivity contribution in [1.82, 2.24) is 10.3 Å². The third-order valence-electron chi connectivity index (χ3n) is 3.86. The Balaban J connectivity index is 1.73. The molecule has 27 heavy (non-hydrogen) atoms. The molecule has 0 aliphatic carbocycles. The van der Waals surface area contributed by atoms with E-state index >= 15 is 0 Å². The summed E-state index contributed by atoms with van der Waals surface area (Å²) in [6, 6.07) is 13.3. The van der Waals surface area contributed by atoms with Gasteiger partial charge in [-0.2, -0.15) is 0 Å². The number of carbonyl (C=O) groups is 1. The van der Waals surface area contributed by atoms with E-state index in [0.717, 1.165) is 22.2 Å². The number of hydrogen-bond acceptors (Lipinski definition) is 3. The Labute approximate surface area is 163 Å². The minimum atomic E-state index is -0.516. The zero-order valence-electron chi connectivity index (χ0n) is 15.6. The average Bonchev–Trinajstić information content (AvgIpc) is 3.01. The summed E-state index contributed by atoms with van der Waals surface area (Å²) in [6.07, 6.45) is 2.09. The minimum absolute atomic E-state index is 0.429. The molecule has 1 aromatic heterocycles. The second-order valence-corrected chi connectivity index (χ2v) is 7.59. The van der Waals surface area contributed by atoms with E-state index in [1.54, 1.807) is 0 Å². The van der Waals surface area contributed by atoms with E-state index in [1.807, 2.05) is 69.4 Å². The normalized spacial score (nSPS) is 11.4. The molecule has 6 heteroatoms. The molecule has 1 heterocycles. The number of benzene rings is 2. The lowest BCUT2D eigenvalue weighted by molar-refractivity contribution is 0.0528. The van der Waals surface area contributed by atoms with Crippen molar-refractivity contribution in [3.05, 3.63) is 59.2 Å². The Morgan fingerprint density at radius 2 is 1.89 bits per heavy atom. The number of aromatic amines is 1. The second kappa shape index (κ2) is 7.92. The minimum Gasteiger partial charge on any atom is -0.456 e. The second-order valence-electron chi connectivity index (χ2n) is 7.21. The molecule has 2 N–H and O–H groups in total. The number of nitrogens with one attached hydrogen (secondary N) is 2. The van der Waals surface area contributed by atoms with Gasteiger partial charge >= 0.3 is 6.09 Å². The molecule has 0 bridgehead atoms. The first-order chi connectivity index (χ1) is 12.8. The van der Waals surface area contributed by atoms with Crippen molar-refractivity contribution in [2.75, 3.05) is 6.54 Å². The molecule has 3 aromatic rings. The molecule has 0 aliphatic rings.